The van der Waals surface area contributed by atoms with Crippen molar-refractivity contribution in [3.8, 4) is 11.6 Å². The summed E-state index contributed by atoms with van der Waals surface area (Å²) in [5.74, 6) is 1.50. The third-order valence-electron chi connectivity index (χ3n) is 2.67. The number of nitrogens with zero attached hydrogens (tertiary/aromatic N) is 5. The average molecular weight is 243 g/mol. The fraction of sp³-hybridized carbons (Fsp3) is 0.273. The number of nitrogen functional groups attached to an aromatic ring is 1. The number of rotatable bonds is 3. The summed E-state index contributed by atoms with van der Waals surface area (Å²) < 4.78 is 2.02. The van der Waals surface area contributed by atoms with Gasteiger partial charge in [0.25, 0.3) is 0 Å². The number of aromatic amines is 1. The molecular formula is C11H13N7. The van der Waals surface area contributed by atoms with Crippen molar-refractivity contribution in [2.75, 3.05) is 5.73 Å². The van der Waals surface area contributed by atoms with Crippen molar-refractivity contribution < 1.29 is 0 Å². The van der Waals surface area contributed by atoms with Gasteiger partial charge in [-0.05, 0) is 18.6 Å². The highest BCUT2D eigenvalue weighted by Gasteiger charge is 2.15. The lowest BCUT2D eigenvalue weighted by Crippen LogP contribution is -2.01. The molecule has 0 spiro atoms. The Kier molecular flexibility index (Phi) is 2.44. The average Bonchev–Trinajstić information content (AvgIpc) is 2.95. The zero-order valence-electron chi connectivity index (χ0n) is 9.96. The normalized spacial score (nSPS) is 11.2. The van der Waals surface area contributed by atoms with Crippen molar-refractivity contribution in [1.82, 2.24) is 29.7 Å². The highest BCUT2D eigenvalue weighted by molar-refractivity contribution is 5.75. The van der Waals surface area contributed by atoms with Crippen LogP contribution in [0.2, 0.25) is 0 Å². The molecule has 3 aromatic heterocycles. The van der Waals surface area contributed by atoms with Crippen LogP contribution < -0.4 is 5.73 Å². The molecule has 3 rings (SSSR count). The van der Waals surface area contributed by atoms with Gasteiger partial charge in [-0.25, -0.2) is 9.97 Å². The van der Waals surface area contributed by atoms with Gasteiger partial charge >= 0.3 is 0 Å². The number of nitrogens with one attached hydrogen (secondary N) is 1. The topological polar surface area (TPSA) is 98.3 Å². The summed E-state index contributed by atoms with van der Waals surface area (Å²) in [6.07, 6.45) is 2.74. The zero-order valence-corrected chi connectivity index (χ0v) is 9.96. The molecule has 3 N–H and O–H groups in total. The molecule has 0 aliphatic heterocycles. The number of pyridine rings is 1. The largest absolute Gasteiger partial charge is 0.366 e. The number of H-pyrrole nitrogens is 1. The van der Waals surface area contributed by atoms with E-state index in [9.17, 15) is 0 Å². The second-order valence-electron chi connectivity index (χ2n) is 3.98. The first-order valence-electron chi connectivity index (χ1n) is 5.79. The molecule has 0 aromatic carbocycles. The zero-order chi connectivity index (χ0) is 12.5. The van der Waals surface area contributed by atoms with Gasteiger partial charge in [-0.3, -0.25) is 5.10 Å². The third-order valence-corrected chi connectivity index (χ3v) is 2.67. The molecule has 7 nitrogen and oxygen atoms in total. The molecule has 7 heteroatoms. The molecule has 92 valence electrons. The fourth-order valence-corrected chi connectivity index (χ4v) is 1.95. The molecule has 3 heterocycles. The summed E-state index contributed by atoms with van der Waals surface area (Å²) >= 11 is 0. The molecule has 0 unspecified atom stereocenters. The van der Waals surface area contributed by atoms with Gasteiger partial charge in [0.15, 0.2) is 17.3 Å². The molecule has 0 aliphatic carbocycles. The van der Waals surface area contributed by atoms with E-state index in [1.165, 1.54) is 0 Å². The SMILES string of the molecule is CCCn1c(-c2nc(N)n[nH]2)nc2cccnc21. The summed E-state index contributed by atoms with van der Waals surface area (Å²) in [6.45, 7) is 2.93. The van der Waals surface area contributed by atoms with Gasteiger partial charge in [0.2, 0.25) is 5.95 Å². The number of fused-ring (bicyclic) bond motifs is 1. The minimum atomic E-state index is 0.216. The van der Waals surface area contributed by atoms with Crippen LogP contribution in [0.4, 0.5) is 5.95 Å². The molecule has 3 aromatic rings. The number of hydrogen-bond acceptors (Lipinski definition) is 5. The Hall–Kier alpha value is -2.44. The van der Waals surface area contributed by atoms with E-state index < -0.39 is 0 Å². The number of aryl methyl sites for hydroxylation is 1. The van der Waals surface area contributed by atoms with E-state index in [1.54, 1.807) is 6.20 Å². The molecular weight excluding hydrogens is 230 g/mol. The quantitative estimate of drug-likeness (QED) is 0.720. The summed E-state index contributed by atoms with van der Waals surface area (Å²) in [5.41, 5.74) is 7.22. The predicted octanol–water partition coefficient (Wildman–Crippen LogP) is 1.21. The molecule has 0 bridgehead atoms. The van der Waals surface area contributed by atoms with Gasteiger partial charge in [0, 0.05) is 12.7 Å². The molecule has 0 saturated carbocycles. The van der Waals surface area contributed by atoms with Crippen LogP contribution in [-0.2, 0) is 6.54 Å². The van der Waals surface area contributed by atoms with Gasteiger partial charge in [-0.2, -0.15) is 4.98 Å². The van der Waals surface area contributed by atoms with Crippen molar-refractivity contribution in [1.29, 1.82) is 0 Å². The van der Waals surface area contributed by atoms with E-state index in [1.807, 2.05) is 16.7 Å². The maximum absolute atomic E-state index is 5.53. The Balaban J connectivity index is 2.24. The molecule has 0 aliphatic rings. The molecule has 0 saturated heterocycles. The van der Waals surface area contributed by atoms with Crippen molar-refractivity contribution in [3.63, 3.8) is 0 Å². The summed E-state index contributed by atoms with van der Waals surface area (Å²) in [4.78, 5) is 13.0. The van der Waals surface area contributed by atoms with Crippen molar-refractivity contribution in [2.45, 2.75) is 19.9 Å². The second kappa shape index (κ2) is 4.10. The lowest BCUT2D eigenvalue weighted by atomic mass is 10.4. The molecule has 0 amide bonds. The monoisotopic (exact) mass is 243 g/mol. The first kappa shape index (κ1) is 10.7. The van der Waals surface area contributed by atoms with E-state index in [0.29, 0.717) is 5.82 Å². The molecule has 18 heavy (non-hydrogen) atoms. The molecule has 0 radical (unpaired) electrons. The highest BCUT2D eigenvalue weighted by Crippen LogP contribution is 2.21. The van der Waals surface area contributed by atoms with E-state index >= 15 is 0 Å². The van der Waals surface area contributed by atoms with Gasteiger partial charge in [0.05, 0.1) is 0 Å². The predicted molar refractivity (Wildman–Crippen MR) is 67.6 cm³/mol. The van der Waals surface area contributed by atoms with Crippen LogP contribution in [0.25, 0.3) is 22.8 Å². The van der Waals surface area contributed by atoms with Gasteiger partial charge in [-0.15, -0.1) is 5.10 Å². The van der Waals surface area contributed by atoms with Crippen LogP contribution in [0.3, 0.4) is 0 Å². The number of aromatic nitrogens is 6. The summed E-state index contributed by atoms with van der Waals surface area (Å²) in [6, 6.07) is 3.79. The number of imidazole rings is 1. The smallest absolute Gasteiger partial charge is 0.239 e. The Labute approximate surface area is 103 Å². The fourth-order valence-electron chi connectivity index (χ4n) is 1.95. The Morgan fingerprint density at radius 1 is 1.39 bits per heavy atom. The minimum absolute atomic E-state index is 0.216. The maximum Gasteiger partial charge on any atom is 0.239 e. The lowest BCUT2D eigenvalue weighted by molar-refractivity contribution is 0.695. The summed E-state index contributed by atoms with van der Waals surface area (Å²) in [7, 11) is 0. The van der Waals surface area contributed by atoms with E-state index in [4.69, 9.17) is 5.73 Å². The van der Waals surface area contributed by atoms with Crippen molar-refractivity contribution in [2.24, 2.45) is 0 Å². The van der Waals surface area contributed by atoms with Crippen LogP contribution >= 0.6 is 0 Å². The first-order valence-corrected chi connectivity index (χ1v) is 5.79. The van der Waals surface area contributed by atoms with E-state index in [2.05, 4.69) is 32.1 Å². The number of nitrogens with two attached hydrogens (primary N) is 1. The Bertz CT molecular complexity index is 682. The lowest BCUT2D eigenvalue weighted by Gasteiger charge is -2.03. The van der Waals surface area contributed by atoms with Crippen LogP contribution in [0.1, 0.15) is 13.3 Å². The molecule has 0 fully saturated rings. The van der Waals surface area contributed by atoms with Crippen LogP contribution in [0.5, 0.6) is 0 Å². The van der Waals surface area contributed by atoms with Crippen LogP contribution in [0.15, 0.2) is 18.3 Å². The maximum atomic E-state index is 5.53. The van der Waals surface area contributed by atoms with Gasteiger partial charge < -0.3 is 10.3 Å². The number of anilines is 1. The van der Waals surface area contributed by atoms with Crippen molar-refractivity contribution >= 4 is 17.1 Å². The number of hydrogen-bond donors (Lipinski definition) is 2. The first-order chi connectivity index (χ1) is 8.79. The van der Waals surface area contributed by atoms with Gasteiger partial charge in [0.1, 0.15) is 5.52 Å². The van der Waals surface area contributed by atoms with Crippen molar-refractivity contribution in [3.05, 3.63) is 18.3 Å². The van der Waals surface area contributed by atoms with Gasteiger partial charge in [-0.1, -0.05) is 6.92 Å². The Morgan fingerprint density at radius 2 is 2.28 bits per heavy atom. The van der Waals surface area contributed by atoms with Crippen LogP contribution in [0, 0.1) is 0 Å². The standard InChI is InChI=1S/C11H13N7/c1-2-6-18-9-7(4-3-5-13-9)14-10(18)8-15-11(12)17-16-8/h3-5H,2,6H2,1H3,(H3,12,15,16,17). The summed E-state index contributed by atoms with van der Waals surface area (Å²) in [5, 5.41) is 6.62. The van der Waals surface area contributed by atoms with E-state index in [0.717, 1.165) is 30.0 Å². The van der Waals surface area contributed by atoms with Crippen LogP contribution in [-0.4, -0.2) is 29.7 Å². The second-order valence-corrected chi connectivity index (χ2v) is 3.98. The van der Waals surface area contributed by atoms with E-state index in [-0.39, 0.29) is 5.95 Å². The third kappa shape index (κ3) is 1.60. The highest BCUT2D eigenvalue weighted by atomic mass is 15.3. The molecule has 0 atom stereocenters. The Morgan fingerprint density at radius 3 is 3.00 bits per heavy atom. The minimum Gasteiger partial charge on any atom is -0.366 e.